The van der Waals surface area contributed by atoms with Gasteiger partial charge in [0.1, 0.15) is 6.04 Å². The molecule has 0 aliphatic heterocycles. The van der Waals surface area contributed by atoms with Gasteiger partial charge in [-0.25, -0.2) is 5.43 Å². The van der Waals surface area contributed by atoms with Crippen LogP contribution in [0.3, 0.4) is 0 Å². The lowest BCUT2D eigenvalue weighted by atomic mass is 10.1. The zero-order valence-corrected chi connectivity index (χ0v) is 13.1. The largest absolute Gasteiger partial charge is 0.308 e. The number of halogens is 1. The molecular weight excluding hydrogens is 330 g/mol. The summed E-state index contributed by atoms with van der Waals surface area (Å²) in [7, 11) is 4.06. The maximum atomic E-state index is 5.66. The van der Waals surface area contributed by atoms with Crippen LogP contribution < -0.4 is 11.3 Å². The van der Waals surface area contributed by atoms with Gasteiger partial charge < -0.3 is 4.90 Å². The van der Waals surface area contributed by atoms with Crippen molar-refractivity contribution >= 4 is 27.7 Å². The molecule has 2 aromatic heterocycles. The summed E-state index contributed by atoms with van der Waals surface area (Å²) >= 11 is 4.68. The first-order chi connectivity index (χ1) is 9.13. The van der Waals surface area contributed by atoms with E-state index in [1.807, 2.05) is 18.8 Å². The topological polar surface area (TPSA) is 84.9 Å². The van der Waals surface area contributed by atoms with Crippen LogP contribution in [0.15, 0.2) is 16.9 Å². The van der Waals surface area contributed by atoms with Gasteiger partial charge in [-0.15, -0.1) is 0 Å². The van der Waals surface area contributed by atoms with E-state index in [-0.39, 0.29) is 6.04 Å². The third kappa shape index (κ3) is 3.37. The van der Waals surface area contributed by atoms with Crippen LogP contribution >= 0.6 is 27.7 Å². The Morgan fingerprint density at radius 3 is 2.89 bits per heavy atom. The number of nitrogens with one attached hydrogen (secondary N) is 1. The van der Waals surface area contributed by atoms with Crippen LogP contribution in [-0.4, -0.2) is 44.1 Å². The van der Waals surface area contributed by atoms with Gasteiger partial charge in [0.2, 0.25) is 0 Å². The molecule has 0 aliphatic carbocycles. The highest BCUT2D eigenvalue weighted by Gasteiger charge is 2.22. The van der Waals surface area contributed by atoms with E-state index < -0.39 is 0 Å². The smallest absolute Gasteiger partial charge is 0.109 e. The first-order valence-corrected chi connectivity index (χ1v) is 7.25. The molecule has 0 fully saturated rings. The molecule has 0 amide bonds. The van der Waals surface area contributed by atoms with Gasteiger partial charge in [0, 0.05) is 6.54 Å². The van der Waals surface area contributed by atoms with Crippen molar-refractivity contribution in [2.75, 3.05) is 20.6 Å². The molecule has 0 bridgehead atoms. The number of hydrazine groups is 1. The molecule has 1 unspecified atom stereocenters. The molecule has 2 aromatic rings. The number of rotatable bonds is 6. The third-order valence-corrected chi connectivity index (χ3v) is 3.81. The highest BCUT2D eigenvalue weighted by atomic mass is 79.9. The maximum absolute atomic E-state index is 5.66. The molecule has 0 saturated heterocycles. The molecule has 2 heterocycles. The average molecular weight is 346 g/mol. The number of likely N-dealkylation sites (N-methyl/N-ethyl adjacent to an activating group) is 1. The van der Waals surface area contributed by atoms with Gasteiger partial charge in [-0.3, -0.25) is 10.5 Å². The van der Waals surface area contributed by atoms with Crippen molar-refractivity contribution in [3.8, 4) is 0 Å². The van der Waals surface area contributed by atoms with Crippen LogP contribution in [0.2, 0.25) is 0 Å². The molecule has 0 aromatic carbocycles. The Bertz CT molecular complexity index is 510. The van der Waals surface area contributed by atoms with Gasteiger partial charge in [0.05, 0.1) is 46.5 Å². The predicted molar refractivity (Wildman–Crippen MR) is 77.6 cm³/mol. The molecule has 2 rings (SSSR count). The number of nitrogens with zero attached hydrogens (tertiary/aromatic N) is 5. The van der Waals surface area contributed by atoms with Gasteiger partial charge in [0.25, 0.3) is 0 Å². The Morgan fingerprint density at radius 2 is 2.32 bits per heavy atom. The van der Waals surface area contributed by atoms with Gasteiger partial charge in [-0.1, -0.05) is 0 Å². The first kappa shape index (κ1) is 14.5. The van der Waals surface area contributed by atoms with E-state index in [9.17, 15) is 0 Å². The highest BCUT2D eigenvalue weighted by Crippen LogP contribution is 2.27. The second-order valence-electron chi connectivity index (χ2n) is 4.34. The molecule has 19 heavy (non-hydrogen) atoms. The zero-order valence-electron chi connectivity index (χ0n) is 10.7. The first-order valence-electron chi connectivity index (χ1n) is 5.73. The van der Waals surface area contributed by atoms with E-state index in [2.05, 4.69) is 40.1 Å². The fraction of sp³-hybridized carbons (Fsp3) is 0.500. The molecule has 0 spiro atoms. The summed E-state index contributed by atoms with van der Waals surface area (Å²) in [5, 5.41) is 4.37. The standard InChI is InChI=1S/C10H16BrN7S/c1-17(2)3-4-18-10(7(11)5-13-18)9(15-12)8-6-14-19-16-8/h5-6,9,15H,3-4,12H2,1-2H3. The van der Waals surface area contributed by atoms with Gasteiger partial charge in [-0.05, 0) is 30.0 Å². The van der Waals surface area contributed by atoms with E-state index in [1.165, 1.54) is 0 Å². The predicted octanol–water partition coefficient (Wildman–Crippen LogP) is 0.611. The third-order valence-electron chi connectivity index (χ3n) is 2.71. The normalized spacial score (nSPS) is 13.1. The van der Waals surface area contributed by atoms with Crippen molar-refractivity contribution in [3.63, 3.8) is 0 Å². The maximum Gasteiger partial charge on any atom is 0.109 e. The number of hydrogen-bond donors (Lipinski definition) is 2. The molecule has 9 heteroatoms. The van der Waals surface area contributed by atoms with E-state index in [0.29, 0.717) is 0 Å². The van der Waals surface area contributed by atoms with Crippen LogP contribution in [0.4, 0.5) is 0 Å². The molecular formula is C10H16BrN7S. The fourth-order valence-electron chi connectivity index (χ4n) is 1.74. The van der Waals surface area contributed by atoms with Crippen molar-refractivity contribution in [2.24, 2.45) is 5.84 Å². The van der Waals surface area contributed by atoms with Crippen molar-refractivity contribution in [1.82, 2.24) is 28.9 Å². The Balaban J connectivity index is 2.29. The van der Waals surface area contributed by atoms with Gasteiger partial charge in [0.15, 0.2) is 0 Å². The SMILES string of the molecule is CN(C)CCn1ncc(Br)c1C(NN)c1cnsn1. The molecule has 3 N–H and O–H groups in total. The molecule has 7 nitrogen and oxygen atoms in total. The lowest BCUT2D eigenvalue weighted by molar-refractivity contribution is 0.365. The number of aromatic nitrogens is 4. The van der Waals surface area contributed by atoms with E-state index in [4.69, 9.17) is 5.84 Å². The van der Waals surface area contributed by atoms with Gasteiger partial charge in [-0.2, -0.15) is 13.8 Å². The average Bonchev–Trinajstić information content (AvgIpc) is 3.00. The summed E-state index contributed by atoms with van der Waals surface area (Å²) in [5.41, 5.74) is 4.52. The Hall–Kier alpha value is -0.870. The summed E-state index contributed by atoms with van der Waals surface area (Å²) in [4.78, 5) is 2.11. The Kier molecular flexibility index (Phi) is 4.99. The van der Waals surface area contributed by atoms with E-state index in [0.717, 1.165) is 40.7 Å². The summed E-state index contributed by atoms with van der Waals surface area (Å²) in [6.45, 7) is 1.68. The van der Waals surface area contributed by atoms with Crippen molar-refractivity contribution in [3.05, 3.63) is 28.3 Å². The summed E-state index contributed by atoms with van der Waals surface area (Å²) < 4.78 is 11.1. The lowest BCUT2D eigenvalue weighted by Gasteiger charge is -2.17. The van der Waals surface area contributed by atoms with Crippen LogP contribution in [0.25, 0.3) is 0 Å². The summed E-state index contributed by atoms with van der Waals surface area (Å²) in [6.07, 6.45) is 3.49. The molecule has 1 atom stereocenters. The van der Waals surface area contributed by atoms with Crippen LogP contribution in [0.1, 0.15) is 17.4 Å². The number of nitrogens with two attached hydrogens (primary N) is 1. The summed E-state index contributed by atoms with van der Waals surface area (Å²) in [5.74, 6) is 5.66. The van der Waals surface area contributed by atoms with Crippen molar-refractivity contribution < 1.29 is 0 Å². The molecule has 0 radical (unpaired) electrons. The highest BCUT2D eigenvalue weighted by molar-refractivity contribution is 9.10. The monoisotopic (exact) mass is 345 g/mol. The van der Waals surface area contributed by atoms with Crippen LogP contribution in [0, 0.1) is 0 Å². The second kappa shape index (κ2) is 6.53. The Labute approximate surface area is 124 Å². The van der Waals surface area contributed by atoms with Crippen molar-refractivity contribution in [1.29, 1.82) is 0 Å². The van der Waals surface area contributed by atoms with E-state index >= 15 is 0 Å². The van der Waals surface area contributed by atoms with Crippen LogP contribution in [0.5, 0.6) is 0 Å². The minimum atomic E-state index is -0.224. The Morgan fingerprint density at radius 1 is 1.53 bits per heavy atom. The minimum Gasteiger partial charge on any atom is -0.308 e. The number of hydrogen-bond acceptors (Lipinski definition) is 7. The van der Waals surface area contributed by atoms with Crippen molar-refractivity contribution in [2.45, 2.75) is 12.6 Å². The zero-order chi connectivity index (χ0) is 13.8. The minimum absolute atomic E-state index is 0.224. The molecule has 104 valence electrons. The quantitative estimate of drug-likeness (QED) is 0.589. The second-order valence-corrected chi connectivity index (χ2v) is 5.75. The summed E-state index contributed by atoms with van der Waals surface area (Å²) in [6, 6.07) is -0.224. The van der Waals surface area contributed by atoms with E-state index in [1.54, 1.807) is 12.4 Å². The fourth-order valence-corrected chi connectivity index (χ4v) is 2.71. The van der Waals surface area contributed by atoms with Crippen LogP contribution in [-0.2, 0) is 6.54 Å². The van der Waals surface area contributed by atoms with Gasteiger partial charge >= 0.3 is 0 Å². The molecule has 0 aliphatic rings. The lowest BCUT2D eigenvalue weighted by Crippen LogP contribution is -2.32. The molecule has 0 saturated carbocycles.